The van der Waals surface area contributed by atoms with E-state index in [1.807, 2.05) is 36.5 Å². The van der Waals surface area contributed by atoms with Gasteiger partial charge in [-0.3, -0.25) is 4.98 Å². The minimum Gasteiger partial charge on any atom is -0.264 e. The summed E-state index contributed by atoms with van der Waals surface area (Å²) in [4.78, 5) is 14.5. The summed E-state index contributed by atoms with van der Waals surface area (Å²) in [5.41, 5.74) is 11.9. The number of hydrogen-bond acceptors (Lipinski definition) is 3. The van der Waals surface area contributed by atoms with Crippen LogP contribution in [-0.2, 0) is 0 Å². The molecular formula is C43H29N3. The van der Waals surface area contributed by atoms with Crippen LogP contribution in [0.5, 0.6) is 0 Å². The molecule has 0 aliphatic rings. The molecule has 0 radical (unpaired) electrons. The van der Waals surface area contributed by atoms with Gasteiger partial charge >= 0.3 is 0 Å². The quantitative estimate of drug-likeness (QED) is 0.194. The first kappa shape index (κ1) is 27.4. The van der Waals surface area contributed by atoms with Crippen molar-refractivity contribution < 1.29 is 0 Å². The van der Waals surface area contributed by atoms with E-state index in [2.05, 4.69) is 138 Å². The van der Waals surface area contributed by atoms with Crippen LogP contribution in [0, 0.1) is 0 Å². The van der Waals surface area contributed by atoms with Gasteiger partial charge in [0, 0.05) is 29.1 Å². The zero-order chi connectivity index (χ0) is 30.7. The third kappa shape index (κ3) is 5.47. The Morgan fingerprint density at radius 2 is 0.913 bits per heavy atom. The van der Waals surface area contributed by atoms with Gasteiger partial charge in [0.15, 0.2) is 5.82 Å². The second-order valence-corrected chi connectivity index (χ2v) is 11.3. The Morgan fingerprint density at radius 3 is 1.61 bits per heavy atom. The van der Waals surface area contributed by atoms with Crippen molar-refractivity contribution >= 4 is 10.8 Å². The molecule has 0 saturated carbocycles. The van der Waals surface area contributed by atoms with E-state index in [1.54, 1.807) is 6.20 Å². The summed E-state index contributed by atoms with van der Waals surface area (Å²) < 4.78 is 0. The molecule has 0 amide bonds. The lowest BCUT2D eigenvalue weighted by Gasteiger charge is -2.12. The summed E-state index contributed by atoms with van der Waals surface area (Å²) in [6.07, 6.45) is 3.70. The molecule has 0 unspecified atom stereocenters. The molecule has 8 rings (SSSR count). The van der Waals surface area contributed by atoms with Gasteiger partial charge in [0.25, 0.3) is 0 Å². The maximum atomic E-state index is 5.15. The monoisotopic (exact) mass is 587 g/mol. The van der Waals surface area contributed by atoms with E-state index in [1.165, 1.54) is 27.6 Å². The average molecular weight is 588 g/mol. The number of aromatic nitrogens is 3. The Hall–Kier alpha value is -6.19. The van der Waals surface area contributed by atoms with Gasteiger partial charge in [0.1, 0.15) is 0 Å². The average Bonchev–Trinajstić information content (AvgIpc) is 3.15. The van der Waals surface area contributed by atoms with Crippen molar-refractivity contribution in [3.8, 4) is 67.3 Å². The Balaban J connectivity index is 1.19. The highest BCUT2D eigenvalue weighted by Gasteiger charge is 2.13. The van der Waals surface area contributed by atoms with Crippen molar-refractivity contribution in [2.45, 2.75) is 0 Å². The van der Waals surface area contributed by atoms with Crippen molar-refractivity contribution in [3.63, 3.8) is 0 Å². The van der Waals surface area contributed by atoms with Gasteiger partial charge in [-0.2, -0.15) is 0 Å². The van der Waals surface area contributed by atoms with E-state index < -0.39 is 0 Å². The Morgan fingerprint density at radius 1 is 0.348 bits per heavy atom. The Bertz CT molecular complexity index is 2260. The number of nitrogens with zero attached hydrogens (tertiary/aromatic N) is 3. The second-order valence-electron chi connectivity index (χ2n) is 11.3. The number of fused-ring (bicyclic) bond motifs is 1. The minimum atomic E-state index is 0.707. The second kappa shape index (κ2) is 12.1. The fraction of sp³-hybridized carbons (Fsp3) is 0. The fourth-order valence-electron chi connectivity index (χ4n) is 5.99. The number of benzene rings is 6. The molecule has 0 N–H and O–H groups in total. The highest BCUT2D eigenvalue weighted by Crippen LogP contribution is 2.35. The molecule has 3 nitrogen and oxygen atoms in total. The highest BCUT2D eigenvalue weighted by molar-refractivity contribution is 5.98. The summed E-state index contributed by atoms with van der Waals surface area (Å²) in [5.74, 6) is 0.707. The lowest BCUT2D eigenvalue weighted by molar-refractivity contribution is 1.18. The number of pyridine rings is 1. The van der Waals surface area contributed by atoms with Crippen LogP contribution in [0.1, 0.15) is 0 Å². The van der Waals surface area contributed by atoms with Gasteiger partial charge in [0.05, 0.1) is 11.4 Å². The first-order chi connectivity index (χ1) is 22.8. The predicted octanol–water partition coefficient (Wildman–Crippen LogP) is 11.0. The zero-order valence-corrected chi connectivity index (χ0v) is 25.1. The van der Waals surface area contributed by atoms with Gasteiger partial charge in [-0.15, -0.1) is 0 Å². The molecule has 0 bridgehead atoms. The molecule has 46 heavy (non-hydrogen) atoms. The summed E-state index contributed by atoms with van der Waals surface area (Å²) in [5, 5.41) is 2.32. The third-order valence-corrected chi connectivity index (χ3v) is 8.42. The largest absolute Gasteiger partial charge is 0.264 e. The van der Waals surface area contributed by atoms with Crippen molar-refractivity contribution in [3.05, 3.63) is 176 Å². The molecule has 0 aliphatic heterocycles. The Kier molecular flexibility index (Phi) is 7.18. The molecule has 0 saturated heterocycles. The number of hydrogen-bond donors (Lipinski definition) is 0. The molecule has 0 fully saturated rings. The lowest BCUT2D eigenvalue weighted by atomic mass is 9.95. The van der Waals surface area contributed by atoms with Crippen molar-refractivity contribution in [1.82, 2.24) is 15.0 Å². The zero-order valence-electron chi connectivity index (χ0n) is 25.1. The Labute approximate surface area is 268 Å². The van der Waals surface area contributed by atoms with Gasteiger partial charge in [0.2, 0.25) is 0 Å². The fourth-order valence-corrected chi connectivity index (χ4v) is 5.99. The van der Waals surface area contributed by atoms with Gasteiger partial charge < -0.3 is 0 Å². The van der Waals surface area contributed by atoms with Crippen molar-refractivity contribution in [1.29, 1.82) is 0 Å². The SMILES string of the molecule is c1ccc(-c2ccc(-c3nc(-c4ccccc4)cc(-c4cccc5cc(-c6ccc(-c7cccnc7)cc6)ccc45)n3)cc2)cc1. The molecule has 216 valence electrons. The first-order valence-corrected chi connectivity index (χ1v) is 15.4. The molecule has 2 aromatic heterocycles. The third-order valence-electron chi connectivity index (χ3n) is 8.42. The van der Waals surface area contributed by atoms with Crippen LogP contribution in [0.25, 0.3) is 78.1 Å². The van der Waals surface area contributed by atoms with Crippen LogP contribution in [0.3, 0.4) is 0 Å². The molecule has 0 spiro atoms. The maximum Gasteiger partial charge on any atom is 0.160 e. The van der Waals surface area contributed by atoms with E-state index in [0.717, 1.165) is 44.6 Å². The lowest BCUT2D eigenvalue weighted by Crippen LogP contribution is -1.96. The van der Waals surface area contributed by atoms with Gasteiger partial charge in [-0.25, -0.2) is 9.97 Å². The summed E-state index contributed by atoms with van der Waals surface area (Å²) in [7, 11) is 0. The van der Waals surface area contributed by atoms with E-state index in [4.69, 9.17) is 9.97 Å². The van der Waals surface area contributed by atoms with Crippen LogP contribution in [0.2, 0.25) is 0 Å². The van der Waals surface area contributed by atoms with E-state index in [0.29, 0.717) is 5.82 Å². The first-order valence-electron chi connectivity index (χ1n) is 15.4. The van der Waals surface area contributed by atoms with Gasteiger partial charge in [-0.1, -0.05) is 146 Å². The number of rotatable bonds is 6. The normalized spacial score (nSPS) is 11.0. The van der Waals surface area contributed by atoms with Gasteiger partial charge in [-0.05, 0) is 62.4 Å². The molecular weight excluding hydrogens is 558 g/mol. The van der Waals surface area contributed by atoms with Crippen LogP contribution >= 0.6 is 0 Å². The minimum absolute atomic E-state index is 0.707. The summed E-state index contributed by atoms with van der Waals surface area (Å²) in [6, 6.07) is 57.2. The van der Waals surface area contributed by atoms with E-state index in [-0.39, 0.29) is 0 Å². The van der Waals surface area contributed by atoms with E-state index in [9.17, 15) is 0 Å². The van der Waals surface area contributed by atoms with Crippen LogP contribution < -0.4 is 0 Å². The van der Waals surface area contributed by atoms with Crippen LogP contribution in [0.15, 0.2) is 176 Å². The summed E-state index contributed by atoms with van der Waals surface area (Å²) >= 11 is 0. The van der Waals surface area contributed by atoms with Crippen LogP contribution in [-0.4, -0.2) is 15.0 Å². The topological polar surface area (TPSA) is 38.7 Å². The van der Waals surface area contributed by atoms with Crippen molar-refractivity contribution in [2.24, 2.45) is 0 Å². The van der Waals surface area contributed by atoms with Crippen LogP contribution in [0.4, 0.5) is 0 Å². The molecule has 2 heterocycles. The molecule has 3 heteroatoms. The molecule has 6 aromatic carbocycles. The summed E-state index contributed by atoms with van der Waals surface area (Å²) in [6.45, 7) is 0. The van der Waals surface area contributed by atoms with E-state index >= 15 is 0 Å². The predicted molar refractivity (Wildman–Crippen MR) is 190 cm³/mol. The van der Waals surface area contributed by atoms with Crippen molar-refractivity contribution in [2.75, 3.05) is 0 Å². The highest BCUT2D eigenvalue weighted by atomic mass is 14.9. The maximum absolute atomic E-state index is 5.15. The molecule has 0 aliphatic carbocycles. The molecule has 8 aromatic rings. The molecule has 0 atom stereocenters. The smallest absolute Gasteiger partial charge is 0.160 e. The standard InChI is InChI=1S/C43H29N3/c1-3-9-30(10-4-1)31-20-22-35(23-21-31)43-45-41(34-11-5-2-6-12-34)28-42(46-43)40-15-7-13-37-27-36(24-25-39(37)40)32-16-18-33(19-17-32)38-14-8-26-44-29-38/h1-29H.